The van der Waals surface area contributed by atoms with Gasteiger partial charge in [0, 0.05) is 12.1 Å². The second kappa shape index (κ2) is 4.12. The molecular weight excluding hydrogens is 228 g/mol. The Hall–Kier alpha value is -1.29. The van der Waals surface area contributed by atoms with E-state index in [9.17, 15) is 0 Å². The van der Waals surface area contributed by atoms with Crippen molar-refractivity contribution in [3.05, 3.63) is 24.0 Å². The predicted octanol–water partition coefficient (Wildman–Crippen LogP) is 2.64. The van der Waals surface area contributed by atoms with Crippen LogP contribution in [-0.2, 0) is 9.47 Å². The zero-order chi connectivity index (χ0) is 12.9. The zero-order valence-corrected chi connectivity index (χ0v) is 11.2. The highest BCUT2D eigenvalue weighted by Crippen LogP contribution is 2.41. The molecule has 3 rings (SSSR count). The van der Waals surface area contributed by atoms with Gasteiger partial charge in [0.25, 0.3) is 6.02 Å². The van der Waals surface area contributed by atoms with E-state index in [1.54, 1.807) is 0 Å². The standard InChI is InChI=1S/C14H20N2O2/c1-5-10-11(6-2)17-13-12(10)18-14-15-9(4)8(3)7-16(13)14/h7,10-13H,4-6H2,1-3H3/t10?,11-,12?,13+/m1/s1. The smallest absolute Gasteiger partial charge is 0.299 e. The Morgan fingerprint density at radius 3 is 2.83 bits per heavy atom. The Balaban J connectivity index is 1.90. The zero-order valence-electron chi connectivity index (χ0n) is 11.2. The van der Waals surface area contributed by atoms with E-state index >= 15 is 0 Å². The lowest BCUT2D eigenvalue weighted by molar-refractivity contribution is -0.0141. The molecule has 0 bridgehead atoms. The van der Waals surface area contributed by atoms with Gasteiger partial charge in [-0.15, -0.1) is 0 Å². The number of amidine groups is 1. The molecule has 0 spiro atoms. The van der Waals surface area contributed by atoms with Gasteiger partial charge in [0.2, 0.25) is 0 Å². The maximum absolute atomic E-state index is 6.14. The van der Waals surface area contributed by atoms with Gasteiger partial charge in [0.1, 0.15) is 0 Å². The van der Waals surface area contributed by atoms with Crippen LogP contribution in [0.3, 0.4) is 0 Å². The number of fused-ring (bicyclic) bond motifs is 3. The lowest BCUT2D eigenvalue weighted by Gasteiger charge is -2.24. The van der Waals surface area contributed by atoms with Gasteiger partial charge in [-0.3, -0.25) is 4.90 Å². The van der Waals surface area contributed by atoms with Gasteiger partial charge < -0.3 is 9.47 Å². The average molecular weight is 248 g/mol. The fourth-order valence-electron chi connectivity index (χ4n) is 3.04. The van der Waals surface area contributed by atoms with Crippen molar-refractivity contribution in [3.63, 3.8) is 0 Å². The highest BCUT2D eigenvalue weighted by Gasteiger charge is 2.53. The summed E-state index contributed by atoms with van der Waals surface area (Å²) in [6, 6.07) is 0.647. The lowest BCUT2D eigenvalue weighted by Crippen LogP contribution is -2.33. The van der Waals surface area contributed by atoms with Crippen molar-refractivity contribution in [2.24, 2.45) is 10.9 Å². The van der Waals surface area contributed by atoms with Crippen LogP contribution in [0, 0.1) is 5.92 Å². The summed E-state index contributed by atoms with van der Waals surface area (Å²) in [6.07, 6.45) is 4.54. The number of hydrogen-bond donors (Lipinski definition) is 0. The quantitative estimate of drug-likeness (QED) is 0.753. The van der Waals surface area contributed by atoms with Crippen molar-refractivity contribution in [3.8, 4) is 0 Å². The third-order valence-corrected chi connectivity index (χ3v) is 4.12. The monoisotopic (exact) mass is 248 g/mol. The van der Waals surface area contributed by atoms with Crippen LogP contribution >= 0.6 is 0 Å². The van der Waals surface area contributed by atoms with Gasteiger partial charge in [0.15, 0.2) is 12.3 Å². The third kappa shape index (κ3) is 1.52. The van der Waals surface area contributed by atoms with E-state index in [0.29, 0.717) is 18.0 Å². The van der Waals surface area contributed by atoms with Crippen molar-refractivity contribution >= 4 is 6.02 Å². The Morgan fingerprint density at radius 1 is 1.39 bits per heavy atom. The molecule has 0 amide bonds. The fourth-order valence-corrected chi connectivity index (χ4v) is 3.04. The number of ether oxygens (including phenoxy) is 2. The first-order valence-electron chi connectivity index (χ1n) is 6.72. The number of rotatable bonds is 2. The molecule has 0 aromatic carbocycles. The van der Waals surface area contributed by atoms with Crippen LogP contribution in [0.2, 0.25) is 0 Å². The van der Waals surface area contributed by atoms with E-state index in [1.807, 2.05) is 18.0 Å². The summed E-state index contributed by atoms with van der Waals surface area (Å²) >= 11 is 0. The molecule has 3 heterocycles. The van der Waals surface area contributed by atoms with Gasteiger partial charge >= 0.3 is 0 Å². The first-order valence-corrected chi connectivity index (χ1v) is 6.72. The lowest BCUT2D eigenvalue weighted by atomic mass is 9.94. The summed E-state index contributed by atoms with van der Waals surface area (Å²) in [6.45, 7) is 10.3. The Bertz CT molecular complexity index is 441. The third-order valence-electron chi connectivity index (χ3n) is 4.12. The number of aliphatic imine (C=N–C) groups is 1. The minimum Gasteiger partial charge on any atom is -0.456 e. The average Bonchev–Trinajstić information content (AvgIpc) is 2.85. The van der Waals surface area contributed by atoms with Gasteiger partial charge in [-0.25, -0.2) is 0 Å². The predicted molar refractivity (Wildman–Crippen MR) is 69.8 cm³/mol. The Kier molecular flexibility index (Phi) is 2.70. The Labute approximate surface area is 108 Å². The molecule has 0 radical (unpaired) electrons. The molecule has 4 atom stereocenters. The van der Waals surface area contributed by atoms with Crippen LogP contribution in [0.25, 0.3) is 0 Å². The van der Waals surface area contributed by atoms with Crippen molar-refractivity contribution in [1.29, 1.82) is 0 Å². The summed E-state index contributed by atoms with van der Waals surface area (Å²) in [5.41, 5.74) is 1.85. The van der Waals surface area contributed by atoms with Crippen LogP contribution in [0.1, 0.15) is 33.6 Å². The number of hydrogen-bond acceptors (Lipinski definition) is 4. The highest BCUT2D eigenvalue weighted by atomic mass is 16.6. The van der Waals surface area contributed by atoms with Crippen molar-refractivity contribution in [1.82, 2.24) is 4.90 Å². The van der Waals surface area contributed by atoms with E-state index in [-0.39, 0.29) is 12.3 Å². The molecule has 0 N–H and O–H groups in total. The van der Waals surface area contributed by atoms with Crippen molar-refractivity contribution < 1.29 is 9.47 Å². The normalized spacial score (nSPS) is 37.9. The largest absolute Gasteiger partial charge is 0.456 e. The molecule has 0 aliphatic carbocycles. The topological polar surface area (TPSA) is 34.1 Å². The minimum absolute atomic E-state index is 0.0123. The van der Waals surface area contributed by atoms with Crippen LogP contribution in [0.5, 0.6) is 0 Å². The fraction of sp³-hybridized carbons (Fsp3) is 0.643. The molecule has 0 saturated carbocycles. The van der Waals surface area contributed by atoms with E-state index in [0.717, 1.165) is 24.1 Å². The van der Waals surface area contributed by atoms with Crippen molar-refractivity contribution in [2.45, 2.75) is 52.0 Å². The summed E-state index contributed by atoms with van der Waals surface area (Å²) in [5.74, 6) is 0.454. The molecule has 98 valence electrons. The highest BCUT2D eigenvalue weighted by molar-refractivity contribution is 5.81. The molecule has 4 nitrogen and oxygen atoms in total. The molecule has 18 heavy (non-hydrogen) atoms. The second-order valence-corrected chi connectivity index (χ2v) is 5.19. The van der Waals surface area contributed by atoms with E-state index < -0.39 is 0 Å². The van der Waals surface area contributed by atoms with Gasteiger partial charge in [-0.2, -0.15) is 4.99 Å². The minimum atomic E-state index is -0.0123. The molecule has 3 aliphatic rings. The second-order valence-electron chi connectivity index (χ2n) is 5.19. The number of nitrogens with zero attached hydrogens (tertiary/aromatic N) is 2. The van der Waals surface area contributed by atoms with Gasteiger partial charge in [0.05, 0.1) is 11.8 Å². The molecule has 2 fully saturated rings. The van der Waals surface area contributed by atoms with Crippen LogP contribution in [0.15, 0.2) is 29.0 Å². The molecule has 3 aliphatic heterocycles. The van der Waals surface area contributed by atoms with Crippen LogP contribution < -0.4 is 0 Å². The van der Waals surface area contributed by atoms with Crippen LogP contribution in [-0.4, -0.2) is 29.4 Å². The summed E-state index contributed by atoms with van der Waals surface area (Å²) in [4.78, 5) is 6.43. The molecular formula is C14H20N2O2. The summed E-state index contributed by atoms with van der Waals surface area (Å²) < 4.78 is 12.1. The number of allylic oxidation sites excluding steroid dienone is 1. The van der Waals surface area contributed by atoms with E-state index in [4.69, 9.17) is 9.47 Å². The first-order chi connectivity index (χ1) is 8.65. The van der Waals surface area contributed by atoms with E-state index in [2.05, 4.69) is 25.4 Å². The van der Waals surface area contributed by atoms with E-state index in [1.165, 1.54) is 0 Å². The van der Waals surface area contributed by atoms with Gasteiger partial charge in [-0.1, -0.05) is 20.4 Å². The van der Waals surface area contributed by atoms with Crippen LogP contribution in [0.4, 0.5) is 0 Å². The molecule has 0 aromatic rings. The maximum Gasteiger partial charge on any atom is 0.299 e. The summed E-state index contributed by atoms with van der Waals surface area (Å²) in [7, 11) is 0. The summed E-state index contributed by atoms with van der Waals surface area (Å²) in [5, 5.41) is 0. The van der Waals surface area contributed by atoms with Gasteiger partial charge in [-0.05, 0) is 25.3 Å². The first kappa shape index (κ1) is 11.8. The molecule has 2 unspecified atom stereocenters. The molecule has 0 aromatic heterocycles. The molecule has 4 heteroatoms. The Morgan fingerprint density at radius 2 is 2.17 bits per heavy atom. The maximum atomic E-state index is 6.14. The molecule has 2 saturated heterocycles. The SMILES string of the molecule is C=C1N=C2OC3C(CC)[C@@H](CC)O[C@@H]3N2C=C1C. The van der Waals surface area contributed by atoms with Crippen molar-refractivity contribution in [2.75, 3.05) is 0 Å².